The number of fused-ring (bicyclic) bond motifs is 1. The maximum atomic E-state index is 5.76. The van der Waals surface area contributed by atoms with Crippen molar-refractivity contribution >= 4 is 15.9 Å². The van der Waals surface area contributed by atoms with E-state index in [-0.39, 0.29) is 0 Å². The third-order valence-electron chi connectivity index (χ3n) is 2.76. The third-order valence-corrected chi connectivity index (χ3v) is 3.25. The molecule has 0 aromatic heterocycles. The predicted molar refractivity (Wildman–Crippen MR) is 66.1 cm³/mol. The largest absolute Gasteiger partial charge is 0.493 e. The van der Waals surface area contributed by atoms with Crippen LogP contribution in [-0.4, -0.2) is 6.61 Å². The second-order valence-corrected chi connectivity index (χ2v) is 4.86. The van der Waals surface area contributed by atoms with Gasteiger partial charge >= 0.3 is 0 Å². The molecule has 0 fully saturated rings. The van der Waals surface area contributed by atoms with Crippen LogP contribution in [0.3, 0.4) is 0 Å². The summed E-state index contributed by atoms with van der Waals surface area (Å²) >= 11 is 3.49. The highest BCUT2D eigenvalue weighted by atomic mass is 79.9. The molecule has 1 heterocycles. The highest BCUT2D eigenvalue weighted by Gasteiger charge is 2.19. The van der Waals surface area contributed by atoms with Crippen LogP contribution < -0.4 is 4.74 Å². The van der Waals surface area contributed by atoms with E-state index < -0.39 is 0 Å². The third kappa shape index (κ3) is 2.54. The second kappa shape index (κ2) is 5.02. The molecule has 15 heavy (non-hydrogen) atoms. The molecule has 1 aromatic rings. The molecule has 1 aliphatic heterocycles. The van der Waals surface area contributed by atoms with Gasteiger partial charge in [0.1, 0.15) is 5.75 Å². The molecule has 0 aliphatic carbocycles. The standard InChI is InChI=1S/C13H16BrO/c1-2-4-10-5-3-8-15-13-9-11(14)6-7-12(10)13/h6-7,9H,2-5,8H2,1H3. The molecule has 1 aliphatic rings. The van der Waals surface area contributed by atoms with E-state index >= 15 is 0 Å². The molecule has 2 rings (SSSR count). The van der Waals surface area contributed by atoms with Crippen molar-refractivity contribution in [3.8, 4) is 5.75 Å². The van der Waals surface area contributed by atoms with Gasteiger partial charge in [0.15, 0.2) is 0 Å². The van der Waals surface area contributed by atoms with Crippen molar-refractivity contribution in [1.82, 2.24) is 0 Å². The normalized spacial score (nSPS) is 16.7. The summed E-state index contributed by atoms with van der Waals surface area (Å²) < 4.78 is 6.85. The summed E-state index contributed by atoms with van der Waals surface area (Å²) in [5.74, 6) is 2.60. The van der Waals surface area contributed by atoms with Gasteiger partial charge in [-0.2, -0.15) is 0 Å². The molecule has 0 spiro atoms. The molecule has 0 N–H and O–H groups in total. The SMILES string of the molecule is CCC[C]1CCCOc2cc(Br)ccc21. The van der Waals surface area contributed by atoms with E-state index in [0.29, 0.717) is 0 Å². The van der Waals surface area contributed by atoms with Crippen LogP contribution in [-0.2, 0) is 0 Å². The quantitative estimate of drug-likeness (QED) is 0.775. The van der Waals surface area contributed by atoms with Gasteiger partial charge in [0, 0.05) is 16.0 Å². The van der Waals surface area contributed by atoms with Crippen molar-refractivity contribution in [3.63, 3.8) is 0 Å². The molecule has 0 bridgehead atoms. The van der Waals surface area contributed by atoms with Crippen LogP contribution in [0, 0.1) is 5.92 Å². The van der Waals surface area contributed by atoms with E-state index in [0.717, 1.165) is 23.2 Å². The summed E-state index contributed by atoms with van der Waals surface area (Å²) in [6.07, 6.45) is 4.73. The minimum Gasteiger partial charge on any atom is -0.493 e. The van der Waals surface area contributed by atoms with Gasteiger partial charge in [-0.15, -0.1) is 0 Å². The van der Waals surface area contributed by atoms with Gasteiger partial charge in [0.25, 0.3) is 0 Å². The number of halogens is 1. The highest BCUT2D eigenvalue weighted by molar-refractivity contribution is 9.10. The smallest absolute Gasteiger partial charge is 0.124 e. The molecular formula is C13H16BrO. The molecule has 0 saturated heterocycles. The summed E-state index contributed by atoms with van der Waals surface area (Å²) in [7, 11) is 0. The van der Waals surface area contributed by atoms with Gasteiger partial charge in [-0.1, -0.05) is 35.3 Å². The summed E-state index contributed by atoms with van der Waals surface area (Å²) in [5.41, 5.74) is 1.32. The van der Waals surface area contributed by atoms with Gasteiger partial charge in [-0.3, -0.25) is 0 Å². The van der Waals surface area contributed by atoms with E-state index in [2.05, 4.69) is 41.1 Å². The molecule has 0 saturated carbocycles. The van der Waals surface area contributed by atoms with Crippen molar-refractivity contribution in [2.75, 3.05) is 6.61 Å². The Labute approximate surface area is 100.0 Å². The molecule has 1 radical (unpaired) electrons. The molecular weight excluding hydrogens is 252 g/mol. The lowest BCUT2D eigenvalue weighted by molar-refractivity contribution is 0.317. The van der Waals surface area contributed by atoms with Crippen molar-refractivity contribution in [3.05, 3.63) is 34.2 Å². The van der Waals surface area contributed by atoms with Crippen LogP contribution in [0.2, 0.25) is 0 Å². The fraction of sp³-hybridized carbons (Fsp3) is 0.462. The second-order valence-electron chi connectivity index (χ2n) is 3.95. The first-order valence-corrected chi connectivity index (χ1v) is 6.38. The maximum Gasteiger partial charge on any atom is 0.124 e. The van der Waals surface area contributed by atoms with Crippen LogP contribution in [0.15, 0.2) is 22.7 Å². The van der Waals surface area contributed by atoms with E-state index in [1.807, 2.05) is 0 Å². The minimum atomic E-state index is 0.844. The maximum absolute atomic E-state index is 5.76. The Morgan fingerprint density at radius 3 is 3.07 bits per heavy atom. The highest BCUT2D eigenvalue weighted by Crippen LogP contribution is 2.36. The van der Waals surface area contributed by atoms with Gasteiger partial charge in [-0.25, -0.2) is 0 Å². The molecule has 0 unspecified atom stereocenters. The van der Waals surface area contributed by atoms with Crippen LogP contribution in [0.5, 0.6) is 5.75 Å². The number of hydrogen-bond acceptors (Lipinski definition) is 1. The van der Waals surface area contributed by atoms with Crippen LogP contribution in [0.4, 0.5) is 0 Å². The van der Waals surface area contributed by atoms with Gasteiger partial charge < -0.3 is 4.74 Å². The Morgan fingerprint density at radius 1 is 1.40 bits per heavy atom. The fourth-order valence-electron chi connectivity index (χ4n) is 2.07. The van der Waals surface area contributed by atoms with Crippen LogP contribution in [0.1, 0.15) is 38.2 Å². The summed E-state index contributed by atoms with van der Waals surface area (Å²) in [6.45, 7) is 3.08. The minimum absolute atomic E-state index is 0.844. The first-order chi connectivity index (χ1) is 7.31. The number of ether oxygens (including phenoxy) is 1. The van der Waals surface area contributed by atoms with Gasteiger partial charge in [0.2, 0.25) is 0 Å². The molecule has 2 heteroatoms. The number of hydrogen-bond donors (Lipinski definition) is 0. The van der Waals surface area contributed by atoms with Crippen molar-refractivity contribution < 1.29 is 4.74 Å². The molecule has 1 nitrogen and oxygen atoms in total. The molecule has 1 aromatic carbocycles. The zero-order valence-electron chi connectivity index (χ0n) is 9.05. The average Bonchev–Trinajstić information content (AvgIpc) is 2.41. The predicted octanol–water partition coefficient (Wildman–Crippen LogP) is 4.34. The Morgan fingerprint density at radius 2 is 2.27 bits per heavy atom. The van der Waals surface area contributed by atoms with Crippen LogP contribution >= 0.6 is 15.9 Å². The van der Waals surface area contributed by atoms with E-state index in [1.54, 1.807) is 5.92 Å². The van der Waals surface area contributed by atoms with Crippen LogP contribution in [0.25, 0.3) is 0 Å². The average molecular weight is 268 g/mol. The molecule has 0 amide bonds. The topological polar surface area (TPSA) is 9.23 Å². The van der Waals surface area contributed by atoms with E-state index in [4.69, 9.17) is 4.74 Å². The first-order valence-electron chi connectivity index (χ1n) is 5.58. The fourth-order valence-corrected chi connectivity index (χ4v) is 2.41. The lowest BCUT2D eigenvalue weighted by Crippen LogP contribution is -1.98. The zero-order valence-corrected chi connectivity index (χ0v) is 10.6. The Kier molecular flexibility index (Phi) is 3.68. The van der Waals surface area contributed by atoms with Crippen molar-refractivity contribution in [2.24, 2.45) is 0 Å². The van der Waals surface area contributed by atoms with Gasteiger partial charge in [-0.05, 0) is 31.4 Å². The number of rotatable bonds is 2. The van der Waals surface area contributed by atoms with Crippen molar-refractivity contribution in [2.45, 2.75) is 32.6 Å². The molecule has 0 atom stereocenters. The summed E-state index contributed by atoms with van der Waals surface area (Å²) in [6, 6.07) is 6.36. The lowest BCUT2D eigenvalue weighted by Gasteiger charge is -2.15. The Hall–Kier alpha value is -0.500. The first kappa shape index (κ1) is 11.0. The summed E-state index contributed by atoms with van der Waals surface area (Å²) in [5, 5.41) is 0. The van der Waals surface area contributed by atoms with Gasteiger partial charge in [0.05, 0.1) is 6.61 Å². The number of benzene rings is 1. The van der Waals surface area contributed by atoms with Crippen molar-refractivity contribution in [1.29, 1.82) is 0 Å². The lowest BCUT2D eigenvalue weighted by atomic mass is 9.90. The summed E-state index contributed by atoms with van der Waals surface area (Å²) in [4.78, 5) is 0. The van der Waals surface area contributed by atoms with E-state index in [9.17, 15) is 0 Å². The zero-order chi connectivity index (χ0) is 10.7. The van der Waals surface area contributed by atoms with E-state index in [1.165, 1.54) is 24.8 Å². The Bertz CT molecular complexity index is 335. The monoisotopic (exact) mass is 267 g/mol. The molecule has 81 valence electrons. The Balaban J connectivity index is 2.32.